The molecule has 0 bridgehead atoms. The molecule has 0 saturated carbocycles. The summed E-state index contributed by atoms with van der Waals surface area (Å²) in [6, 6.07) is 11.3. The summed E-state index contributed by atoms with van der Waals surface area (Å²) in [5, 5.41) is 10.4. The van der Waals surface area contributed by atoms with E-state index in [1.54, 1.807) is 19.5 Å². The highest BCUT2D eigenvalue weighted by molar-refractivity contribution is 7.92. The molecule has 252 valence electrons. The van der Waals surface area contributed by atoms with Crippen LogP contribution in [-0.2, 0) is 27.7 Å². The van der Waals surface area contributed by atoms with Crippen LogP contribution in [0.4, 0.5) is 0 Å². The number of carbonyl (C=O) groups excluding carboxylic acids is 1. The van der Waals surface area contributed by atoms with Crippen molar-refractivity contribution in [3.05, 3.63) is 70.2 Å². The summed E-state index contributed by atoms with van der Waals surface area (Å²) in [4.78, 5) is 30.0. The molecule has 3 N–H and O–H groups in total. The number of ether oxygens (including phenoxy) is 2. The fourth-order valence-electron chi connectivity index (χ4n) is 5.88. The highest BCUT2D eigenvalue weighted by atomic mass is 35.5. The van der Waals surface area contributed by atoms with Crippen LogP contribution in [-0.4, -0.2) is 79.1 Å². The number of carbonyl (C=O) groups is 1. The molecular weight excluding hydrogens is 677 g/mol. The molecule has 1 atom stereocenters. The lowest BCUT2D eigenvalue weighted by Gasteiger charge is -2.25. The molecule has 48 heavy (non-hydrogen) atoms. The van der Waals surface area contributed by atoms with E-state index in [0.29, 0.717) is 99.4 Å². The molecule has 2 aliphatic rings. The minimum atomic E-state index is -2.87. The van der Waals surface area contributed by atoms with Crippen LogP contribution in [0.3, 0.4) is 0 Å². The summed E-state index contributed by atoms with van der Waals surface area (Å²) in [6.45, 7) is 2.01. The second-order valence-electron chi connectivity index (χ2n) is 11.8. The first-order valence-electron chi connectivity index (χ1n) is 15.4. The van der Waals surface area contributed by atoms with E-state index in [1.807, 2.05) is 36.4 Å². The fourth-order valence-corrected chi connectivity index (χ4v) is 8.10. The molecule has 0 radical (unpaired) electrons. The number of sulfone groups is 1. The number of halogens is 2. The molecule has 0 unspecified atom stereocenters. The van der Waals surface area contributed by atoms with Gasteiger partial charge in [0, 0.05) is 60.9 Å². The Kier molecular flexibility index (Phi) is 10.4. The van der Waals surface area contributed by atoms with Crippen molar-refractivity contribution in [2.24, 2.45) is 5.92 Å². The van der Waals surface area contributed by atoms with Gasteiger partial charge >= 0.3 is 0 Å². The normalized spacial score (nSPS) is 17.2. The van der Waals surface area contributed by atoms with Crippen molar-refractivity contribution in [1.82, 2.24) is 35.9 Å². The first-order valence-corrected chi connectivity index (χ1v) is 18.0. The molecule has 0 aliphatic carbocycles. The van der Waals surface area contributed by atoms with Crippen molar-refractivity contribution in [2.45, 2.75) is 32.0 Å². The standard InChI is InChI=1S/C33H35Cl2N7O5S/c1-46-32-27(13-36-11-19-17-48(44,45)18-19)38-15-25(41-32)23-7-3-5-21(30(23)34)22-6-4-8-24(31(22)35)26-16-39-28(33(42-26)47-2)14-37-12-20-9-10-29(43)40-20/h3-8,15-16,19-20,36-37H,9-14,17-18H2,1-2H3,(H,40,43)/t20-/m0/s1. The third kappa shape index (κ3) is 7.55. The van der Waals surface area contributed by atoms with Crippen LogP contribution < -0.4 is 25.4 Å². The Morgan fingerprint density at radius 2 is 1.31 bits per heavy atom. The number of hydrogen-bond acceptors (Lipinski definition) is 11. The van der Waals surface area contributed by atoms with Gasteiger partial charge in [-0.3, -0.25) is 14.8 Å². The smallest absolute Gasteiger partial charge is 0.237 e. The van der Waals surface area contributed by atoms with Crippen molar-refractivity contribution < 1.29 is 22.7 Å². The van der Waals surface area contributed by atoms with E-state index >= 15 is 0 Å². The Morgan fingerprint density at radius 3 is 1.77 bits per heavy atom. The molecule has 12 nitrogen and oxygen atoms in total. The van der Waals surface area contributed by atoms with Crippen LogP contribution in [0, 0.1) is 5.92 Å². The Morgan fingerprint density at radius 1 is 0.812 bits per heavy atom. The lowest BCUT2D eigenvalue weighted by atomic mass is 9.98. The van der Waals surface area contributed by atoms with Crippen molar-refractivity contribution in [2.75, 3.05) is 38.8 Å². The summed E-state index contributed by atoms with van der Waals surface area (Å²) in [7, 11) is 0.201. The fraction of sp³-hybridized carbons (Fsp3) is 0.364. The second kappa shape index (κ2) is 14.7. The molecule has 0 spiro atoms. The highest BCUT2D eigenvalue weighted by Crippen LogP contribution is 2.42. The van der Waals surface area contributed by atoms with E-state index in [0.717, 1.165) is 6.42 Å². The van der Waals surface area contributed by atoms with E-state index in [9.17, 15) is 13.2 Å². The van der Waals surface area contributed by atoms with Gasteiger partial charge in [0.15, 0.2) is 9.84 Å². The van der Waals surface area contributed by atoms with Crippen LogP contribution in [0.25, 0.3) is 33.6 Å². The second-order valence-corrected chi connectivity index (χ2v) is 14.7. The Balaban J connectivity index is 1.20. The summed E-state index contributed by atoms with van der Waals surface area (Å²) in [5.74, 6) is 1.32. The van der Waals surface area contributed by atoms with Gasteiger partial charge in [0.05, 0.1) is 59.6 Å². The predicted octanol–water partition coefficient (Wildman–Crippen LogP) is 4.09. The molecule has 6 rings (SSSR count). The molecule has 15 heteroatoms. The van der Waals surface area contributed by atoms with Gasteiger partial charge in [-0.2, -0.15) is 0 Å². The maximum atomic E-state index is 11.5. The van der Waals surface area contributed by atoms with Crippen LogP contribution in [0.2, 0.25) is 10.0 Å². The Bertz CT molecular complexity index is 1930. The Labute approximate surface area is 288 Å². The van der Waals surface area contributed by atoms with Gasteiger partial charge in [-0.25, -0.2) is 18.4 Å². The monoisotopic (exact) mass is 711 g/mol. The van der Waals surface area contributed by atoms with Gasteiger partial charge in [-0.15, -0.1) is 0 Å². The molecule has 2 saturated heterocycles. The minimum absolute atomic E-state index is 0.0750. The summed E-state index contributed by atoms with van der Waals surface area (Å²) in [6.07, 6.45) is 4.65. The van der Waals surface area contributed by atoms with E-state index in [2.05, 4.69) is 30.9 Å². The van der Waals surface area contributed by atoms with Crippen LogP contribution >= 0.6 is 23.2 Å². The van der Waals surface area contributed by atoms with Crippen LogP contribution in [0.5, 0.6) is 11.8 Å². The third-order valence-electron chi connectivity index (χ3n) is 8.32. The number of benzene rings is 2. The summed E-state index contributed by atoms with van der Waals surface area (Å²) in [5.41, 5.74) is 5.01. The Hall–Kier alpha value is -3.88. The van der Waals surface area contributed by atoms with Gasteiger partial charge < -0.3 is 25.4 Å². The van der Waals surface area contributed by atoms with Crippen molar-refractivity contribution in [1.29, 1.82) is 0 Å². The van der Waals surface area contributed by atoms with E-state index < -0.39 is 9.84 Å². The molecule has 1 amide bonds. The predicted molar refractivity (Wildman–Crippen MR) is 184 cm³/mol. The zero-order valence-electron chi connectivity index (χ0n) is 26.4. The quantitative estimate of drug-likeness (QED) is 0.184. The lowest BCUT2D eigenvalue weighted by Crippen LogP contribution is -2.42. The zero-order valence-corrected chi connectivity index (χ0v) is 28.8. The van der Waals surface area contributed by atoms with E-state index in [1.165, 1.54) is 7.11 Å². The van der Waals surface area contributed by atoms with Crippen molar-refractivity contribution in [3.8, 4) is 45.4 Å². The number of nitrogens with one attached hydrogen (secondary N) is 3. The van der Waals surface area contributed by atoms with Crippen LogP contribution in [0.1, 0.15) is 24.2 Å². The third-order valence-corrected chi connectivity index (χ3v) is 11.1. The molecule has 4 aromatic rings. The molecule has 2 fully saturated rings. The first-order chi connectivity index (χ1) is 23.2. The molecule has 2 aromatic carbocycles. The van der Waals surface area contributed by atoms with Crippen molar-refractivity contribution in [3.63, 3.8) is 0 Å². The average molecular weight is 713 g/mol. The first kappa shape index (κ1) is 34.0. The lowest BCUT2D eigenvalue weighted by molar-refractivity contribution is -0.119. The van der Waals surface area contributed by atoms with Gasteiger partial charge in [0.25, 0.3) is 0 Å². The zero-order chi connectivity index (χ0) is 33.8. The maximum Gasteiger partial charge on any atom is 0.237 e. The molecular formula is C33H35Cl2N7O5S. The minimum Gasteiger partial charge on any atom is -0.480 e. The molecule has 4 heterocycles. The largest absolute Gasteiger partial charge is 0.480 e. The summed E-state index contributed by atoms with van der Waals surface area (Å²) < 4.78 is 34.0. The maximum absolute atomic E-state index is 11.5. The van der Waals surface area contributed by atoms with Crippen molar-refractivity contribution >= 4 is 38.9 Å². The number of methoxy groups -OCH3 is 2. The van der Waals surface area contributed by atoms with E-state index in [-0.39, 0.29) is 29.4 Å². The summed E-state index contributed by atoms with van der Waals surface area (Å²) >= 11 is 14.0. The number of hydrogen-bond donors (Lipinski definition) is 3. The number of rotatable bonds is 13. The van der Waals surface area contributed by atoms with Gasteiger partial charge in [-0.05, 0) is 12.3 Å². The van der Waals surface area contributed by atoms with Gasteiger partial charge in [0.2, 0.25) is 17.7 Å². The van der Waals surface area contributed by atoms with Gasteiger partial charge in [0.1, 0.15) is 11.4 Å². The van der Waals surface area contributed by atoms with Gasteiger partial charge in [-0.1, -0.05) is 59.6 Å². The van der Waals surface area contributed by atoms with Crippen LogP contribution in [0.15, 0.2) is 48.8 Å². The highest BCUT2D eigenvalue weighted by Gasteiger charge is 2.32. The number of amides is 1. The number of aromatic nitrogens is 4. The van der Waals surface area contributed by atoms with E-state index in [4.69, 9.17) is 37.7 Å². The molecule has 2 aliphatic heterocycles. The average Bonchev–Trinajstić information content (AvgIpc) is 3.49. The SMILES string of the molecule is COc1nc(-c2cccc(-c3cccc(-c4cnc(CNC[C@@H]5CCC(=O)N5)c(OC)n4)c3Cl)c2Cl)cnc1CNCC1CS(=O)(=O)C1. The topological polar surface area (TPSA) is 157 Å². The molecule has 2 aromatic heterocycles. The number of nitrogens with zero attached hydrogens (tertiary/aromatic N) is 4.